The minimum atomic E-state index is -1.62. The van der Waals surface area contributed by atoms with E-state index in [9.17, 15) is 20.1 Å². The largest absolute Gasteiger partial charge is 0.416 e. The third-order valence-corrected chi connectivity index (χ3v) is 3.09. The second kappa shape index (κ2) is 6.83. The van der Waals surface area contributed by atoms with Crippen LogP contribution in [0.15, 0.2) is 30.3 Å². The van der Waals surface area contributed by atoms with Gasteiger partial charge in [-0.05, 0) is 12.1 Å². The molecule has 0 radical (unpaired) electrons. The fourth-order valence-corrected chi connectivity index (χ4v) is 1.94. The van der Waals surface area contributed by atoms with Crippen molar-refractivity contribution in [2.75, 3.05) is 11.9 Å². The average Bonchev–Trinajstić information content (AvgIpc) is 2.49. The van der Waals surface area contributed by atoms with Gasteiger partial charge in [-0.1, -0.05) is 18.2 Å². The number of benzene rings is 1. The van der Waals surface area contributed by atoms with Crippen molar-refractivity contribution < 1.29 is 34.7 Å². The number of aliphatic hydroxyl groups excluding tert-OH is 4. The highest BCUT2D eigenvalue weighted by molar-refractivity contribution is 5.84. The Bertz CT molecular complexity index is 467. The number of para-hydroxylation sites is 1. The number of hydrogen-bond acceptors (Lipinski definition) is 7. The maximum atomic E-state index is 11.7. The second-order valence-electron chi connectivity index (χ2n) is 4.59. The molecule has 0 aromatic heterocycles. The molecule has 1 aliphatic heterocycles. The van der Waals surface area contributed by atoms with E-state index < -0.39 is 43.4 Å². The van der Waals surface area contributed by atoms with Crippen LogP contribution in [0.4, 0.5) is 10.5 Å². The molecule has 1 amide bonds. The normalized spacial score (nSPS) is 32.5. The Morgan fingerprint density at radius 1 is 1.14 bits per heavy atom. The maximum absolute atomic E-state index is 11.7. The topological polar surface area (TPSA) is 128 Å². The number of rotatable bonds is 3. The molecule has 5 N–H and O–H groups in total. The zero-order valence-corrected chi connectivity index (χ0v) is 11.0. The van der Waals surface area contributed by atoms with Crippen LogP contribution < -0.4 is 5.32 Å². The van der Waals surface area contributed by atoms with Crippen molar-refractivity contribution in [3.05, 3.63) is 30.3 Å². The summed E-state index contributed by atoms with van der Waals surface area (Å²) in [4.78, 5) is 11.7. The zero-order valence-electron chi connectivity index (χ0n) is 11.0. The van der Waals surface area contributed by atoms with Crippen LogP contribution in [0.5, 0.6) is 0 Å². The maximum Gasteiger partial charge on any atom is 0.414 e. The van der Waals surface area contributed by atoms with Gasteiger partial charge in [0.15, 0.2) is 0 Å². The molecule has 8 heteroatoms. The SMILES string of the molecule is O=C(Nc1ccccc1)O[C@H]1O[C@H](CO)[C@H](O)[C@H](O)[C@H]1O. The first-order valence-electron chi connectivity index (χ1n) is 6.36. The number of carbonyl (C=O) groups is 1. The van der Waals surface area contributed by atoms with Gasteiger partial charge < -0.3 is 29.9 Å². The molecule has 0 unspecified atom stereocenters. The van der Waals surface area contributed by atoms with Crippen LogP contribution in [0.1, 0.15) is 0 Å². The van der Waals surface area contributed by atoms with Crippen LogP contribution in [0.25, 0.3) is 0 Å². The average molecular weight is 299 g/mol. The van der Waals surface area contributed by atoms with Crippen molar-refractivity contribution in [3.63, 3.8) is 0 Å². The molecule has 0 spiro atoms. The van der Waals surface area contributed by atoms with Gasteiger partial charge in [0.1, 0.15) is 24.4 Å². The number of anilines is 1. The number of nitrogens with one attached hydrogen (secondary N) is 1. The predicted octanol–water partition coefficient (Wildman–Crippen LogP) is -0.965. The molecule has 1 aromatic rings. The minimum Gasteiger partial charge on any atom is -0.416 e. The van der Waals surface area contributed by atoms with Gasteiger partial charge in [-0.2, -0.15) is 0 Å². The molecule has 0 bridgehead atoms. The molecule has 5 atom stereocenters. The van der Waals surface area contributed by atoms with E-state index in [4.69, 9.17) is 14.6 Å². The smallest absolute Gasteiger partial charge is 0.414 e. The summed E-state index contributed by atoms with van der Waals surface area (Å²) in [5.74, 6) is 0. The highest BCUT2D eigenvalue weighted by Gasteiger charge is 2.45. The minimum absolute atomic E-state index is 0.479. The summed E-state index contributed by atoms with van der Waals surface area (Å²) in [5, 5.41) is 40.3. The third kappa shape index (κ3) is 3.69. The van der Waals surface area contributed by atoms with Crippen LogP contribution in [-0.2, 0) is 9.47 Å². The second-order valence-corrected chi connectivity index (χ2v) is 4.59. The monoisotopic (exact) mass is 299 g/mol. The van der Waals surface area contributed by atoms with Crippen molar-refractivity contribution >= 4 is 11.8 Å². The van der Waals surface area contributed by atoms with E-state index in [0.29, 0.717) is 5.69 Å². The van der Waals surface area contributed by atoms with E-state index in [0.717, 1.165) is 0 Å². The molecular weight excluding hydrogens is 282 g/mol. The van der Waals surface area contributed by atoms with E-state index >= 15 is 0 Å². The molecule has 0 aliphatic carbocycles. The number of ether oxygens (including phenoxy) is 2. The Hall–Kier alpha value is -1.71. The molecular formula is C13H17NO7. The summed E-state index contributed by atoms with van der Waals surface area (Å²) < 4.78 is 9.90. The fourth-order valence-electron chi connectivity index (χ4n) is 1.94. The summed E-state index contributed by atoms with van der Waals surface area (Å²) in [7, 11) is 0. The van der Waals surface area contributed by atoms with E-state index in [1.165, 1.54) is 0 Å². The summed E-state index contributed by atoms with van der Waals surface area (Å²) in [6.45, 7) is -0.592. The first kappa shape index (κ1) is 15.7. The summed E-state index contributed by atoms with van der Waals surface area (Å²) in [6.07, 6.45) is -8.23. The van der Waals surface area contributed by atoms with Crippen molar-refractivity contribution in [3.8, 4) is 0 Å². The Morgan fingerprint density at radius 2 is 1.81 bits per heavy atom. The van der Waals surface area contributed by atoms with Crippen molar-refractivity contribution in [1.29, 1.82) is 0 Å². The van der Waals surface area contributed by atoms with Crippen LogP contribution in [0.2, 0.25) is 0 Å². The highest BCUT2D eigenvalue weighted by Crippen LogP contribution is 2.22. The van der Waals surface area contributed by atoms with Gasteiger partial charge in [0, 0.05) is 5.69 Å². The van der Waals surface area contributed by atoms with Gasteiger partial charge in [-0.15, -0.1) is 0 Å². The Kier molecular flexibility index (Phi) is 5.10. The van der Waals surface area contributed by atoms with Gasteiger partial charge in [0.05, 0.1) is 6.61 Å². The molecule has 1 aliphatic rings. The number of aliphatic hydroxyl groups is 4. The summed E-state index contributed by atoms with van der Waals surface area (Å²) in [5.41, 5.74) is 0.479. The van der Waals surface area contributed by atoms with Crippen molar-refractivity contribution in [1.82, 2.24) is 0 Å². The zero-order chi connectivity index (χ0) is 15.4. The van der Waals surface area contributed by atoms with Gasteiger partial charge >= 0.3 is 6.09 Å². The van der Waals surface area contributed by atoms with E-state index in [-0.39, 0.29) is 0 Å². The lowest BCUT2D eigenvalue weighted by molar-refractivity contribution is -0.283. The Balaban J connectivity index is 1.96. The Morgan fingerprint density at radius 3 is 2.43 bits per heavy atom. The van der Waals surface area contributed by atoms with Gasteiger partial charge in [0.2, 0.25) is 6.29 Å². The highest BCUT2D eigenvalue weighted by atomic mass is 16.7. The standard InChI is InChI=1S/C13H17NO7/c15-6-8-9(16)10(17)11(18)12(20-8)21-13(19)14-7-4-2-1-3-5-7/h1-5,8-12,15-18H,6H2,(H,14,19)/t8-,9+,10+,11-,12-/m1/s1. The van der Waals surface area contributed by atoms with E-state index in [1.54, 1.807) is 30.3 Å². The number of hydrogen-bond donors (Lipinski definition) is 5. The lowest BCUT2D eigenvalue weighted by Crippen LogP contribution is -2.59. The summed E-state index contributed by atoms with van der Waals surface area (Å²) >= 11 is 0. The van der Waals surface area contributed by atoms with Crippen molar-refractivity contribution in [2.45, 2.75) is 30.7 Å². The molecule has 1 fully saturated rings. The van der Waals surface area contributed by atoms with Gasteiger partial charge in [-0.25, -0.2) is 4.79 Å². The van der Waals surface area contributed by atoms with Crippen LogP contribution in [0, 0.1) is 0 Å². The molecule has 8 nitrogen and oxygen atoms in total. The number of amides is 1. The molecule has 116 valence electrons. The molecule has 2 rings (SSSR count). The number of carbonyl (C=O) groups excluding carboxylic acids is 1. The first-order chi connectivity index (χ1) is 10.0. The molecule has 0 saturated carbocycles. The molecule has 1 saturated heterocycles. The van der Waals surface area contributed by atoms with Crippen molar-refractivity contribution in [2.24, 2.45) is 0 Å². The van der Waals surface area contributed by atoms with E-state index in [1.807, 2.05) is 0 Å². The van der Waals surface area contributed by atoms with Crippen LogP contribution >= 0.6 is 0 Å². The van der Waals surface area contributed by atoms with Crippen LogP contribution in [0.3, 0.4) is 0 Å². The molecule has 21 heavy (non-hydrogen) atoms. The molecule has 1 heterocycles. The van der Waals surface area contributed by atoms with E-state index in [2.05, 4.69) is 5.32 Å². The van der Waals surface area contributed by atoms with Gasteiger partial charge in [-0.3, -0.25) is 5.32 Å². The summed E-state index contributed by atoms with van der Waals surface area (Å²) in [6, 6.07) is 8.46. The van der Waals surface area contributed by atoms with Crippen LogP contribution in [-0.4, -0.2) is 63.8 Å². The Labute approximate surface area is 120 Å². The van der Waals surface area contributed by atoms with Gasteiger partial charge in [0.25, 0.3) is 0 Å². The lowest BCUT2D eigenvalue weighted by Gasteiger charge is -2.39. The first-order valence-corrected chi connectivity index (χ1v) is 6.36. The lowest BCUT2D eigenvalue weighted by atomic mass is 9.99. The third-order valence-electron chi connectivity index (χ3n) is 3.09. The fraction of sp³-hybridized carbons (Fsp3) is 0.462. The molecule has 1 aromatic carbocycles. The quantitative estimate of drug-likeness (QED) is 0.486. The predicted molar refractivity (Wildman–Crippen MR) is 70.3 cm³/mol.